The van der Waals surface area contributed by atoms with E-state index < -0.39 is 17.6 Å². The van der Waals surface area contributed by atoms with E-state index in [1.165, 1.54) is 31.3 Å². The van der Waals surface area contributed by atoms with Gasteiger partial charge in [-0.05, 0) is 36.4 Å². The Morgan fingerprint density at radius 2 is 1.75 bits per heavy atom. The predicted octanol–water partition coefficient (Wildman–Crippen LogP) is 4.43. The summed E-state index contributed by atoms with van der Waals surface area (Å²) in [6, 6.07) is 7.37. The van der Waals surface area contributed by atoms with Crippen LogP contribution < -0.4 is 5.32 Å². The molecule has 2 nitrogen and oxygen atoms in total. The average Bonchev–Trinajstić information content (AvgIpc) is 2.40. The molecule has 1 heterocycles. The van der Waals surface area contributed by atoms with Crippen LogP contribution in [0.25, 0.3) is 0 Å². The Balaban J connectivity index is 2.33. The number of alkyl halides is 3. The summed E-state index contributed by atoms with van der Waals surface area (Å²) in [6.45, 7) is 0. The Hall–Kier alpha value is -1.76. The van der Waals surface area contributed by atoms with Crippen LogP contribution in [0.5, 0.6) is 0 Å². The number of nitrogens with one attached hydrogen (secondary N) is 1. The summed E-state index contributed by atoms with van der Waals surface area (Å²) >= 11 is 1.04. The van der Waals surface area contributed by atoms with Crippen LogP contribution in [0, 0.1) is 5.82 Å². The molecule has 0 aliphatic carbocycles. The maximum absolute atomic E-state index is 12.8. The number of hydrogen-bond donors (Lipinski definition) is 1. The van der Waals surface area contributed by atoms with Gasteiger partial charge in [0.15, 0.2) is 0 Å². The minimum absolute atomic E-state index is 0.129. The molecule has 0 spiro atoms. The summed E-state index contributed by atoms with van der Waals surface area (Å²) in [7, 11) is 1.49. The molecule has 0 radical (unpaired) electrons. The average molecular weight is 302 g/mol. The molecule has 0 amide bonds. The molecule has 0 saturated carbocycles. The van der Waals surface area contributed by atoms with Crippen molar-refractivity contribution in [2.24, 2.45) is 0 Å². The van der Waals surface area contributed by atoms with Crippen molar-refractivity contribution in [3.8, 4) is 0 Å². The van der Waals surface area contributed by atoms with Gasteiger partial charge in [-0.3, -0.25) is 0 Å². The van der Waals surface area contributed by atoms with Crippen LogP contribution in [-0.2, 0) is 6.18 Å². The van der Waals surface area contributed by atoms with Crippen LogP contribution in [0.3, 0.4) is 0 Å². The number of pyridine rings is 1. The predicted molar refractivity (Wildman–Crippen MR) is 69.3 cm³/mol. The zero-order chi connectivity index (χ0) is 14.8. The summed E-state index contributed by atoms with van der Waals surface area (Å²) in [5, 5.41) is 2.78. The largest absolute Gasteiger partial charge is 0.416 e. The molecule has 1 N–H and O–H groups in total. The Bertz CT molecular complexity index is 596. The third kappa shape index (κ3) is 3.63. The number of aromatic nitrogens is 1. The molecule has 0 saturated heterocycles. The summed E-state index contributed by atoms with van der Waals surface area (Å²) < 4.78 is 51.1. The van der Waals surface area contributed by atoms with Gasteiger partial charge in [-0.25, -0.2) is 9.37 Å². The molecule has 2 aromatic rings. The van der Waals surface area contributed by atoms with Gasteiger partial charge in [-0.1, -0.05) is 11.8 Å². The number of halogens is 4. The first-order valence-electron chi connectivity index (χ1n) is 5.59. The molecule has 0 aliphatic rings. The van der Waals surface area contributed by atoms with Crippen LogP contribution in [0.4, 0.5) is 23.4 Å². The lowest BCUT2D eigenvalue weighted by atomic mass is 10.2. The lowest BCUT2D eigenvalue weighted by Crippen LogP contribution is -2.07. The highest BCUT2D eigenvalue weighted by atomic mass is 32.2. The SMILES string of the molecule is CNc1cc(C(F)(F)F)cc(Sc2ccc(F)cc2)n1. The molecule has 2 rings (SSSR count). The van der Waals surface area contributed by atoms with Gasteiger partial charge >= 0.3 is 6.18 Å². The van der Waals surface area contributed by atoms with Gasteiger partial charge < -0.3 is 5.32 Å². The van der Waals surface area contributed by atoms with Gasteiger partial charge in [-0.2, -0.15) is 13.2 Å². The third-order valence-corrected chi connectivity index (χ3v) is 3.35. The van der Waals surface area contributed by atoms with Gasteiger partial charge in [0.1, 0.15) is 16.7 Å². The molecule has 7 heteroatoms. The fourth-order valence-corrected chi connectivity index (χ4v) is 2.32. The van der Waals surface area contributed by atoms with Crippen molar-refractivity contribution in [1.29, 1.82) is 0 Å². The smallest absolute Gasteiger partial charge is 0.373 e. The Morgan fingerprint density at radius 3 is 2.30 bits per heavy atom. The Kier molecular flexibility index (Phi) is 4.17. The molecule has 20 heavy (non-hydrogen) atoms. The molecule has 1 aromatic heterocycles. The van der Waals surface area contributed by atoms with Gasteiger partial charge in [0.05, 0.1) is 5.56 Å². The fraction of sp³-hybridized carbons (Fsp3) is 0.154. The zero-order valence-electron chi connectivity index (χ0n) is 10.3. The maximum atomic E-state index is 12.8. The van der Waals surface area contributed by atoms with Crippen molar-refractivity contribution in [3.05, 3.63) is 47.8 Å². The molecule has 0 unspecified atom stereocenters. The van der Waals surface area contributed by atoms with E-state index in [2.05, 4.69) is 10.3 Å². The van der Waals surface area contributed by atoms with Crippen molar-refractivity contribution in [2.45, 2.75) is 16.1 Å². The van der Waals surface area contributed by atoms with Gasteiger partial charge in [0.25, 0.3) is 0 Å². The minimum Gasteiger partial charge on any atom is -0.373 e. The van der Waals surface area contributed by atoms with Crippen LogP contribution >= 0.6 is 11.8 Å². The van der Waals surface area contributed by atoms with E-state index in [4.69, 9.17) is 0 Å². The number of nitrogens with zero attached hydrogens (tertiary/aromatic N) is 1. The van der Waals surface area contributed by atoms with Crippen molar-refractivity contribution in [1.82, 2.24) is 4.98 Å². The number of hydrogen-bond acceptors (Lipinski definition) is 3. The number of benzene rings is 1. The van der Waals surface area contributed by atoms with Crippen molar-refractivity contribution < 1.29 is 17.6 Å². The summed E-state index contributed by atoms with van der Waals surface area (Å²) in [5.74, 6) is -0.272. The molecule has 0 fully saturated rings. The second kappa shape index (κ2) is 5.70. The van der Waals surface area contributed by atoms with Crippen molar-refractivity contribution >= 4 is 17.6 Å². The van der Waals surface area contributed by atoms with Gasteiger partial charge in [-0.15, -0.1) is 0 Å². The Morgan fingerprint density at radius 1 is 1.10 bits per heavy atom. The lowest BCUT2D eigenvalue weighted by Gasteiger charge is -2.11. The molecular weight excluding hydrogens is 292 g/mol. The number of anilines is 1. The topological polar surface area (TPSA) is 24.9 Å². The second-order valence-electron chi connectivity index (χ2n) is 3.88. The van der Waals surface area contributed by atoms with Gasteiger partial charge in [0, 0.05) is 11.9 Å². The van der Waals surface area contributed by atoms with E-state index in [0.717, 1.165) is 23.9 Å². The minimum atomic E-state index is -4.44. The maximum Gasteiger partial charge on any atom is 0.416 e. The third-order valence-electron chi connectivity index (χ3n) is 2.42. The van der Waals surface area contributed by atoms with Crippen molar-refractivity contribution in [3.63, 3.8) is 0 Å². The summed E-state index contributed by atoms with van der Waals surface area (Å²) in [5.41, 5.74) is -0.776. The first-order valence-corrected chi connectivity index (χ1v) is 6.40. The molecule has 1 aromatic carbocycles. The van der Waals surface area contributed by atoms with E-state index >= 15 is 0 Å². The van der Waals surface area contributed by atoms with E-state index in [9.17, 15) is 17.6 Å². The van der Waals surface area contributed by atoms with Gasteiger partial charge in [0.2, 0.25) is 0 Å². The molecule has 106 valence electrons. The second-order valence-corrected chi connectivity index (χ2v) is 4.98. The van der Waals surface area contributed by atoms with Crippen LogP contribution in [0.1, 0.15) is 5.56 Å². The lowest BCUT2D eigenvalue weighted by molar-refractivity contribution is -0.137. The fourth-order valence-electron chi connectivity index (χ4n) is 1.47. The molecule has 0 atom stereocenters. The highest BCUT2D eigenvalue weighted by Gasteiger charge is 2.31. The van der Waals surface area contributed by atoms with Crippen LogP contribution in [0.15, 0.2) is 46.3 Å². The number of rotatable bonds is 3. The Labute approximate surface area is 117 Å². The highest BCUT2D eigenvalue weighted by Crippen LogP contribution is 2.35. The van der Waals surface area contributed by atoms with Crippen molar-refractivity contribution in [2.75, 3.05) is 12.4 Å². The zero-order valence-corrected chi connectivity index (χ0v) is 11.1. The highest BCUT2D eigenvalue weighted by molar-refractivity contribution is 7.99. The van der Waals surface area contributed by atoms with E-state index in [1.54, 1.807) is 0 Å². The first-order chi connectivity index (χ1) is 9.38. The van der Waals surface area contributed by atoms with E-state index in [1.807, 2.05) is 0 Å². The normalized spacial score (nSPS) is 11.4. The summed E-state index contributed by atoms with van der Waals surface area (Å²) in [4.78, 5) is 4.65. The molecular formula is C13H10F4N2S. The van der Waals surface area contributed by atoms with Crippen LogP contribution in [0.2, 0.25) is 0 Å². The van der Waals surface area contributed by atoms with E-state index in [0.29, 0.717) is 4.90 Å². The monoisotopic (exact) mass is 302 g/mol. The van der Waals surface area contributed by atoms with Crippen LogP contribution in [-0.4, -0.2) is 12.0 Å². The summed E-state index contributed by atoms with van der Waals surface area (Å²) in [6.07, 6.45) is -4.44. The standard InChI is InChI=1S/C13H10F4N2S/c1-18-11-6-8(13(15,16)17)7-12(19-11)20-10-4-2-9(14)3-5-10/h2-7H,1H3,(H,18,19). The molecule has 0 aliphatic heterocycles. The van der Waals surface area contributed by atoms with E-state index in [-0.39, 0.29) is 10.8 Å². The first kappa shape index (κ1) is 14.6. The quantitative estimate of drug-likeness (QED) is 0.849. The molecule has 0 bridgehead atoms.